The van der Waals surface area contributed by atoms with E-state index in [0.717, 1.165) is 6.07 Å². The zero-order valence-electron chi connectivity index (χ0n) is 6.61. The van der Waals surface area contributed by atoms with Gasteiger partial charge < -0.3 is 4.74 Å². The van der Waals surface area contributed by atoms with Gasteiger partial charge >= 0.3 is 0 Å². The number of hydrogen-bond acceptors (Lipinski definition) is 2. The van der Waals surface area contributed by atoms with E-state index in [1.54, 1.807) is 0 Å². The van der Waals surface area contributed by atoms with Gasteiger partial charge in [0.25, 0.3) is 12.0 Å². The van der Waals surface area contributed by atoms with Crippen molar-refractivity contribution in [2.75, 3.05) is 7.11 Å². The van der Waals surface area contributed by atoms with E-state index in [0.29, 0.717) is 0 Å². The van der Waals surface area contributed by atoms with Gasteiger partial charge in [0.05, 0.1) is 17.7 Å². The molecule has 0 spiro atoms. The standard InChI is InChI=1S/C7H6ClF2NO2/c1-13-7-5(6(9)10)3(8)2-4(12)11-7/h2,6H,1H3,(H,11,12). The minimum Gasteiger partial charge on any atom is -0.482 e. The molecule has 0 aliphatic carbocycles. The Bertz CT molecular complexity index is 364. The van der Waals surface area contributed by atoms with E-state index in [2.05, 4.69) is 9.72 Å². The highest BCUT2D eigenvalue weighted by molar-refractivity contribution is 6.31. The lowest BCUT2D eigenvalue weighted by molar-refractivity contribution is 0.146. The number of ether oxygens (including phenoxy) is 1. The minimum absolute atomic E-state index is 0.296. The Morgan fingerprint density at radius 3 is 2.69 bits per heavy atom. The van der Waals surface area contributed by atoms with Gasteiger partial charge in [-0.15, -0.1) is 0 Å². The number of methoxy groups -OCH3 is 1. The van der Waals surface area contributed by atoms with E-state index in [-0.39, 0.29) is 10.9 Å². The summed E-state index contributed by atoms with van der Waals surface area (Å²) in [6.07, 6.45) is -2.78. The van der Waals surface area contributed by atoms with Gasteiger partial charge in [0.15, 0.2) is 0 Å². The second kappa shape index (κ2) is 3.74. The predicted molar refractivity (Wildman–Crippen MR) is 43.6 cm³/mol. The van der Waals surface area contributed by atoms with Crippen molar-refractivity contribution in [2.45, 2.75) is 6.43 Å². The first-order valence-corrected chi connectivity index (χ1v) is 3.69. The first kappa shape index (κ1) is 9.98. The summed E-state index contributed by atoms with van der Waals surface area (Å²) >= 11 is 5.43. The molecule has 1 rings (SSSR count). The molecule has 0 saturated heterocycles. The average molecular weight is 210 g/mol. The van der Waals surface area contributed by atoms with Gasteiger partial charge in [0, 0.05) is 6.07 Å². The highest BCUT2D eigenvalue weighted by Gasteiger charge is 2.19. The number of pyridine rings is 1. The van der Waals surface area contributed by atoms with Crippen molar-refractivity contribution >= 4 is 11.6 Å². The summed E-state index contributed by atoms with van der Waals surface area (Å²) in [4.78, 5) is 12.9. The lowest BCUT2D eigenvalue weighted by Gasteiger charge is -2.07. The van der Waals surface area contributed by atoms with Gasteiger partial charge in [-0.1, -0.05) is 11.6 Å². The molecule has 72 valence electrons. The van der Waals surface area contributed by atoms with E-state index in [9.17, 15) is 13.6 Å². The Morgan fingerprint density at radius 2 is 2.23 bits per heavy atom. The van der Waals surface area contributed by atoms with Gasteiger partial charge in [-0.25, -0.2) is 8.78 Å². The summed E-state index contributed by atoms with van der Waals surface area (Å²) in [6.45, 7) is 0. The van der Waals surface area contributed by atoms with Crippen LogP contribution in [0.15, 0.2) is 10.9 Å². The van der Waals surface area contributed by atoms with Crippen molar-refractivity contribution in [1.29, 1.82) is 0 Å². The van der Waals surface area contributed by atoms with Crippen LogP contribution in [0.1, 0.15) is 12.0 Å². The van der Waals surface area contributed by atoms with Crippen LogP contribution in [0.4, 0.5) is 8.78 Å². The maximum Gasteiger partial charge on any atom is 0.270 e. The summed E-state index contributed by atoms with van der Waals surface area (Å²) in [7, 11) is 1.17. The third kappa shape index (κ3) is 1.98. The molecule has 0 saturated carbocycles. The topological polar surface area (TPSA) is 42.1 Å². The monoisotopic (exact) mass is 209 g/mol. The highest BCUT2D eigenvalue weighted by atomic mass is 35.5. The van der Waals surface area contributed by atoms with Crippen molar-refractivity contribution in [1.82, 2.24) is 4.98 Å². The molecule has 0 aliphatic heterocycles. The van der Waals surface area contributed by atoms with Crippen molar-refractivity contribution in [3.63, 3.8) is 0 Å². The van der Waals surface area contributed by atoms with Crippen molar-refractivity contribution in [3.05, 3.63) is 27.0 Å². The van der Waals surface area contributed by atoms with Gasteiger partial charge in [0.2, 0.25) is 5.88 Å². The first-order chi connectivity index (χ1) is 6.06. The van der Waals surface area contributed by atoms with Gasteiger partial charge in [-0.3, -0.25) is 9.78 Å². The fourth-order valence-corrected chi connectivity index (χ4v) is 1.15. The Labute approximate surface area is 77.3 Å². The maximum atomic E-state index is 12.3. The van der Waals surface area contributed by atoms with E-state index in [4.69, 9.17) is 11.6 Å². The van der Waals surface area contributed by atoms with Crippen LogP contribution in [0.2, 0.25) is 5.02 Å². The lowest BCUT2D eigenvalue weighted by Crippen LogP contribution is -2.09. The summed E-state index contributed by atoms with van der Waals surface area (Å²) in [5.74, 6) is -0.299. The quantitative estimate of drug-likeness (QED) is 0.809. The summed E-state index contributed by atoms with van der Waals surface area (Å²) in [5, 5.41) is -0.296. The molecule has 1 N–H and O–H groups in total. The largest absolute Gasteiger partial charge is 0.482 e. The van der Waals surface area contributed by atoms with Crippen LogP contribution in [-0.4, -0.2) is 12.1 Å². The molecule has 0 fully saturated rings. The third-order valence-corrected chi connectivity index (χ3v) is 1.73. The molecule has 0 radical (unpaired) electrons. The van der Waals surface area contributed by atoms with Crippen LogP contribution in [0.25, 0.3) is 0 Å². The van der Waals surface area contributed by atoms with Crippen LogP contribution in [-0.2, 0) is 0 Å². The molecule has 0 bridgehead atoms. The van der Waals surface area contributed by atoms with Crippen LogP contribution >= 0.6 is 11.6 Å². The molecule has 1 aromatic rings. The number of nitrogens with one attached hydrogen (secondary N) is 1. The number of hydrogen-bond donors (Lipinski definition) is 1. The number of rotatable bonds is 2. The molecule has 0 aliphatic rings. The van der Waals surface area contributed by atoms with Crippen LogP contribution < -0.4 is 10.3 Å². The van der Waals surface area contributed by atoms with Gasteiger partial charge in [-0.2, -0.15) is 0 Å². The number of halogens is 3. The average Bonchev–Trinajstić information content (AvgIpc) is 2.01. The zero-order valence-corrected chi connectivity index (χ0v) is 7.36. The number of aromatic amines is 1. The molecular formula is C7H6ClF2NO2. The molecule has 0 unspecified atom stereocenters. The molecule has 0 aromatic carbocycles. The Morgan fingerprint density at radius 1 is 1.62 bits per heavy atom. The molecule has 0 amide bonds. The molecule has 0 atom stereocenters. The maximum absolute atomic E-state index is 12.3. The molecule has 13 heavy (non-hydrogen) atoms. The highest BCUT2D eigenvalue weighted by Crippen LogP contribution is 2.31. The smallest absolute Gasteiger partial charge is 0.270 e. The van der Waals surface area contributed by atoms with Crippen molar-refractivity contribution < 1.29 is 13.5 Å². The molecule has 3 nitrogen and oxygen atoms in total. The zero-order chi connectivity index (χ0) is 10.0. The predicted octanol–water partition coefficient (Wildman–Crippen LogP) is 1.97. The minimum atomic E-state index is -2.78. The summed E-state index contributed by atoms with van der Waals surface area (Å²) in [5.41, 5.74) is -1.07. The summed E-state index contributed by atoms with van der Waals surface area (Å²) < 4.78 is 29.2. The van der Waals surface area contributed by atoms with E-state index in [1.807, 2.05) is 0 Å². The third-order valence-electron chi connectivity index (χ3n) is 1.42. The molecular weight excluding hydrogens is 204 g/mol. The first-order valence-electron chi connectivity index (χ1n) is 3.31. The fourth-order valence-electron chi connectivity index (χ4n) is 0.881. The summed E-state index contributed by atoms with van der Waals surface area (Å²) in [6, 6.07) is 0.881. The van der Waals surface area contributed by atoms with Gasteiger partial charge in [-0.05, 0) is 0 Å². The van der Waals surface area contributed by atoms with Crippen LogP contribution in [0.5, 0.6) is 5.88 Å². The van der Waals surface area contributed by atoms with E-state index >= 15 is 0 Å². The molecule has 6 heteroatoms. The van der Waals surface area contributed by atoms with Crippen LogP contribution in [0.3, 0.4) is 0 Å². The van der Waals surface area contributed by atoms with Gasteiger partial charge in [0.1, 0.15) is 0 Å². The van der Waals surface area contributed by atoms with E-state index < -0.39 is 17.5 Å². The fraction of sp³-hybridized carbons (Fsp3) is 0.286. The molecule has 1 heterocycles. The number of aromatic nitrogens is 1. The lowest BCUT2D eigenvalue weighted by atomic mass is 10.3. The number of H-pyrrole nitrogens is 1. The number of alkyl halides is 2. The normalized spacial score (nSPS) is 10.5. The Balaban J connectivity index is 3.38. The SMILES string of the molecule is COc1[nH]c(=O)cc(Cl)c1C(F)F. The van der Waals surface area contributed by atoms with Crippen molar-refractivity contribution in [3.8, 4) is 5.88 Å². The Hall–Kier alpha value is -1.10. The second-order valence-electron chi connectivity index (χ2n) is 2.23. The van der Waals surface area contributed by atoms with E-state index in [1.165, 1.54) is 7.11 Å². The molecule has 1 aromatic heterocycles. The Kier molecular flexibility index (Phi) is 2.87. The van der Waals surface area contributed by atoms with Crippen LogP contribution in [0, 0.1) is 0 Å². The second-order valence-corrected chi connectivity index (χ2v) is 2.64. The van der Waals surface area contributed by atoms with Crippen molar-refractivity contribution in [2.24, 2.45) is 0 Å².